The summed E-state index contributed by atoms with van der Waals surface area (Å²) in [7, 11) is 1.84. The number of hydrogen-bond acceptors (Lipinski definition) is 5. The molecule has 0 amide bonds. The van der Waals surface area contributed by atoms with E-state index in [1.165, 1.54) is 0 Å². The number of aromatic nitrogens is 4. The third-order valence-corrected chi connectivity index (χ3v) is 3.53. The number of rotatable bonds is 4. The van der Waals surface area contributed by atoms with Gasteiger partial charge in [0.05, 0.1) is 5.69 Å². The van der Waals surface area contributed by atoms with Crippen molar-refractivity contribution in [2.45, 2.75) is 32.4 Å². The zero-order valence-electron chi connectivity index (χ0n) is 11.5. The molecule has 1 saturated carbocycles. The minimum Gasteiger partial charge on any atom is -0.453 e. The molecule has 0 bridgehead atoms. The molecule has 0 saturated heterocycles. The third kappa shape index (κ3) is 2.26. The zero-order valence-corrected chi connectivity index (χ0v) is 11.5. The van der Waals surface area contributed by atoms with Crippen molar-refractivity contribution < 1.29 is 9.53 Å². The molecule has 106 valence electrons. The first kappa shape index (κ1) is 12.7. The molecule has 3 rings (SSSR count). The standard InChI is InChI=1S/C13H17N5O2/c1-8-15-16-12(17(8)2)7-20-13(19)11-5-9(14)6-18(11)10-3-4-10/h5-6,10H,3-4,7,14H2,1-2H3. The number of esters is 1. The highest BCUT2D eigenvalue weighted by Crippen LogP contribution is 2.37. The lowest BCUT2D eigenvalue weighted by atomic mass is 10.4. The van der Waals surface area contributed by atoms with Crippen molar-refractivity contribution in [2.24, 2.45) is 7.05 Å². The Morgan fingerprint density at radius 2 is 2.25 bits per heavy atom. The lowest BCUT2D eigenvalue weighted by Gasteiger charge is -2.07. The monoisotopic (exact) mass is 275 g/mol. The van der Waals surface area contributed by atoms with Crippen LogP contribution in [0.5, 0.6) is 0 Å². The highest BCUT2D eigenvalue weighted by atomic mass is 16.5. The van der Waals surface area contributed by atoms with E-state index in [9.17, 15) is 4.79 Å². The van der Waals surface area contributed by atoms with Crippen molar-refractivity contribution in [1.82, 2.24) is 19.3 Å². The van der Waals surface area contributed by atoms with E-state index in [0.717, 1.165) is 18.7 Å². The summed E-state index contributed by atoms with van der Waals surface area (Å²) in [5, 5.41) is 7.88. The summed E-state index contributed by atoms with van der Waals surface area (Å²) < 4.78 is 9.00. The summed E-state index contributed by atoms with van der Waals surface area (Å²) in [4.78, 5) is 12.1. The van der Waals surface area contributed by atoms with Gasteiger partial charge in [-0.05, 0) is 25.8 Å². The van der Waals surface area contributed by atoms with Crippen LogP contribution in [0.15, 0.2) is 12.3 Å². The van der Waals surface area contributed by atoms with Gasteiger partial charge in [0.15, 0.2) is 12.4 Å². The minimum atomic E-state index is -0.380. The van der Waals surface area contributed by atoms with Gasteiger partial charge < -0.3 is 19.6 Å². The molecule has 2 heterocycles. The van der Waals surface area contributed by atoms with Crippen LogP contribution in [0.4, 0.5) is 5.69 Å². The van der Waals surface area contributed by atoms with E-state index in [-0.39, 0.29) is 12.6 Å². The quantitative estimate of drug-likeness (QED) is 0.847. The zero-order chi connectivity index (χ0) is 14.3. The lowest BCUT2D eigenvalue weighted by Crippen LogP contribution is -2.12. The first-order chi connectivity index (χ1) is 9.56. The Balaban J connectivity index is 1.72. The Labute approximate surface area is 116 Å². The van der Waals surface area contributed by atoms with E-state index in [0.29, 0.717) is 23.2 Å². The van der Waals surface area contributed by atoms with Crippen LogP contribution in [-0.2, 0) is 18.4 Å². The fourth-order valence-electron chi connectivity index (χ4n) is 2.10. The Hall–Kier alpha value is -2.31. The SMILES string of the molecule is Cc1nnc(COC(=O)c2cc(N)cn2C2CC2)n1C. The number of carbonyl (C=O) groups excluding carboxylic acids is 1. The summed E-state index contributed by atoms with van der Waals surface area (Å²) in [6.45, 7) is 1.95. The van der Waals surface area contributed by atoms with Gasteiger partial charge in [0.25, 0.3) is 0 Å². The summed E-state index contributed by atoms with van der Waals surface area (Å²) in [5.74, 6) is 1.02. The number of ether oxygens (including phenoxy) is 1. The smallest absolute Gasteiger partial charge is 0.355 e. The Kier molecular flexibility index (Phi) is 2.96. The van der Waals surface area contributed by atoms with E-state index >= 15 is 0 Å². The van der Waals surface area contributed by atoms with Gasteiger partial charge in [-0.3, -0.25) is 0 Å². The minimum absolute atomic E-state index is 0.103. The van der Waals surface area contributed by atoms with E-state index in [2.05, 4.69) is 10.2 Å². The van der Waals surface area contributed by atoms with E-state index in [4.69, 9.17) is 10.5 Å². The molecule has 0 aromatic carbocycles. The first-order valence-corrected chi connectivity index (χ1v) is 6.55. The van der Waals surface area contributed by atoms with Crippen molar-refractivity contribution in [3.63, 3.8) is 0 Å². The van der Waals surface area contributed by atoms with E-state index in [1.807, 2.05) is 18.5 Å². The van der Waals surface area contributed by atoms with E-state index in [1.54, 1.807) is 16.8 Å². The molecule has 0 radical (unpaired) electrons. The fraction of sp³-hybridized carbons (Fsp3) is 0.462. The Morgan fingerprint density at radius 1 is 1.50 bits per heavy atom. The van der Waals surface area contributed by atoms with Gasteiger partial charge in [-0.1, -0.05) is 0 Å². The third-order valence-electron chi connectivity index (χ3n) is 3.53. The maximum absolute atomic E-state index is 12.1. The highest BCUT2D eigenvalue weighted by molar-refractivity contribution is 5.89. The summed E-state index contributed by atoms with van der Waals surface area (Å²) in [5.41, 5.74) is 6.85. The van der Waals surface area contributed by atoms with Gasteiger partial charge in [-0.25, -0.2) is 4.79 Å². The molecule has 0 spiro atoms. The molecule has 0 atom stereocenters. The van der Waals surface area contributed by atoms with Gasteiger partial charge in [0.2, 0.25) is 0 Å². The molecule has 7 heteroatoms. The average Bonchev–Trinajstić information content (AvgIpc) is 3.13. The molecule has 0 unspecified atom stereocenters. The largest absolute Gasteiger partial charge is 0.453 e. The summed E-state index contributed by atoms with van der Waals surface area (Å²) in [6.07, 6.45) is 3.95. The molecule has 2 N–H and O–H groups in total. The Morgan fingerprint density at radius 3 is 2.85 bits per heavy atom. The second kappa shape index (κ2) is 4.66. The van der Waals surface area contributed by atoms with Crippen molar-refractivity contribution in [1.29, 1.82) is 0 Å². The van der Waals surface area contributed by atoms with Crippen molar-refractivity contribution >= 4 is 11.7 Å². The number of nitrogens with two attached hydrogens (primary N) is 1. The van der Waals surface area contributed by atoms with Gasteiger partial charge >= 0.3 is 5.97 Å². The molecule has 1 aliphatic rings. The van der Waals surface area contributed by atoms with Crippen LogP contribution in [-0.4, -0.2) is 25.3 Å². The highest BCUT2D eigenvalue weighted by Gasteiger charge is 2.28. The Bertz CT molecular complexity index is 654. The van der Waals surface area contributed by atoms with Crippen LogP contribution in [0.25, 0.3) is 0 Å². The van der Waals surface area contributed by atoms with Crippen molar-refractivity contribution in [3.05, 3.63) is 29.6 Å². The number of carbonyl (C=O) groups is 1. The molecular formula is C13H17N5O2. The fourth-order valence-corrected chi connectivity index (χ4v) is 2.10. The molecular weight excluding hydrogens is 258 g/mol. The van der Waals surface area contributed by atoms with Crippen LogP contribution >= 0.6 is 0 Å². The molecule has 2 aromatic rings. The second-order valence-corrected chi connectivity index (χ2v) is 5.10. The van der Waals surface area contributed by atoms with Gasteiger partial charge in [-0.2, -0.15) is 0 Å². The van der Waals surface area contributed by atoms with Gasteiger partial charge in [0.1, 0.15) is 11.5 Å². The van der Waals surface area contributed by atoms with Crippen molar-refractivity contribution in [3.8, 4) is 0 Å². The topological polar surface area (TPSA) is 88.0 Å². The molecule has 0 aliphatic heterocycles. The van der Waals surface area contributed by atoms with Crippen LogP contribution < -0.4 is 5.73 Å². The normalized spacial score (nSPS) is 14.5. The van der Waals surface area contributed by atoms with Crippen LogP contribution in [0, 0.1) is 6.92 Å². The lowest BCUT2D eigenvalue weighted by molar-refractivity contribution is 0.0445. The number of nitrogen functional groups attached to an aromatic ring is 1. The number of anilines is 1. The average molecular weight is 275 g/mol. The molecule has 2 aromatic heterocycles. The van der Waals surface area contributed by atoms with Crippen LogP contribution in [0.2, 0.25) is 0 Å². The number of hydrogen-bond donors (Lipinski definition) is 1. The summed E-state index contributed by atoms with van der Waals surface area (Å²) >= 11 is 0. The maximum atomic E-state index is 12.1. The number of nitrogens with zero attached hydrogens (tertiary/aromatic N) is 4. The van der Waals surface area contributed by atoms with Gasteiger partial charge in [0, 0.05) is 19.3 Å². The van der Waals surface area contributed by atoms with Gasteiger partial charge in [-0.15, -0.1) is 10.2 Å². The maximum Gasteiger partial charge on any atom is 0.355 e. The van der Waals surface area contributed by atoms with Crippen molar-refractivity contribution in [2.75, 3.05) is 5.73 Å². The van der Waals surface area contributed by atoms with Crippen LogP contribution in [0.1, 0.15) is 41.0 Å². The predicted octanol–water partition coefficient (Wildman–Crippen LogP) is 1.20. The predicted molar refractivity (Wildman–Crippen MR) is 72.0 cm³/mol. The first-order valence-electron chi connectivity index (χ1n) is 6.55. The molecule has 1 aliphatic carbocycles. The van der Waals surface area contributed by atoms with Crippen LogP contribution in [0.3, 0.4) is 0 Å². The number of aryl methyl sites for hydroxylation is 1. The molecule has 20 heavy (non-hydrogen) atoms. The molecule has 1 fully saturated rings. The van der Waals surface area contributed by atoms with E-state index < -0.39 is 0 Å². The molecule has 7 nitrogen and oxygen atoms in total. The summed E-state index contributed by atoms with van der Waals surface area (Å²) in [6, 6.07) is 2.04. The second-order valence-electron chi connectivity index (χ2n) is 5.10.